The summed E-state index contributed by atoms with van der Waals surface area (Å²) in [6.07, 6.45) is 2.03. The number of aliphatic hydroxyl groups is 1. The fraction of sp³-hybridized carbons (Fsp3) is 0.429. The van der Waals surface area contributed by atoms with Crippen molar-refractivity contribution in [3.8, 4) is 0 Å². The molecule has 0 saturated heterocycles. The van der Waals surface area contributed by atoms with Crippen molar-refractivity contribution in [3.05, 3.63) is 38.3 Å². The lowest BCUT2D eigenvalue weighted by Crippen LogP contribution is -2.30. The molecule has 2 unspecified atom stereocenters. The smallest absolute Gasteiger partial charge is 0.174 e. The zero-order valence-electron chi connectivity index (χ0n) is 12.1. The Morgan fingerprint density at radius 2 is 2.18 bits per heavy atom. The van der Waals surface area contributed by atoms with Crippen molar-refractivity contribution >= 4 is 46.3 Å². The van der Waals surface area contributed by atoms with Crippen LogP contribution in [0.3, 0.4) is 0 Å². The molecule has 22 heavy (non-hydrogen) atoms. The fourth-order valence-electron chi connectivity index (χ4n) is 2.86. The highest BCUT2D eigenvalue weighted by molar-refractivity contribution is 8.00. The zero-order chi connectivity index (χ0) is 15.9. The van der Waals surface area contributed by atoms with Gasteiger partial charge in [0.2, 0.25) is 0 Å². The van der Waals surface area contributed by atoms with Gasteiger partial charge in [0.25, 0.3) is 0 Å². The van der Waals surface area contributed by atoms with Gasteiger partial charge in [-0.05, 0) is 36.6 Å². The Labute approximate surface area is 147 Å². The molecule has 3 rings (SSSR count). The van der Waals surface area contributed by atoms with Crippen LogP contribution in [0.15, 0.2) is 16.5 Å². The lowest BCUT2D eigenvalue weighted by molar-refractivity contribution is 0.0723. The molecule has 0 aliphatic heterocycles. The molecule has 0 amide bonds. The van der Waals surface area contributed by atoms with Gasteiger partial charge in [0.05, 0.1) is 18.7 Å². The van der Waals surface area contributed by atoms with E-state index in [2.05, 4.69) is 15.1 Å². The lowest BCUT2D eigenvalue weighted by Gasteiger charge is -2.27. The molecule has 1 aliphatic carbocycles. The highest BCUT2D eigenvalue weighted by Crippen LogP contribution is 2.41. The highest BCUT2D eigenvalue weighted by Gasteiger charge is 2.36. The molecule has 4 nitrogen and oxygen atoms in total. The van der Waals surface area contributed by atoms with E-state index in [1.165, 1.54) is 0 Å². The Morgan fingerprint density at radius 1 is 1.41 bits per heavy atom. The van der Waals surface area contributed by atoms with E-state index in [0.29, 0.717) is 23.0 Å². The van der Waals surface area contributed by atoms with Crippen LogP contribution in [0.25, 0.3) is 0 Å². The fourth-order valence-corrected chi connectivity index (χ4v) is 4.82. The van der Waals surface area contributed by atoms with E-state index in [1.54, 1.807) is 29.2 Å². The van der Waals surface area contributed by atoms with Crippen LogP contribution >= 0.6 is 46.3 Å². The summed E-state index contributed by atoms with van der Waals surface area (Å²) in [5.74, 6) is 0. The second kappa shape index (κ2) is 6.63. The van der Waals surface area contributed by atoms with Crippen LogP contribution in [0.4, 0.5) is 0 Å². The molecule has 2 aromatic rings. The minimum absolute atomic E-state index is 0.132. The van der Waals surface area contributed by atoms with E-state index in [4.69, 9.17) is 23.2 Å². The van der Waals surface area contributed by atoms with Crippen molar-refractivity contribution in [2.45, 2.75) is 29.5 Å². The first-order chi connectivity index (χ1) is 10.5. The number of aliphatic hydroxyl groups excluding tert-OH is 1. The number of benzene rings is 1. The third-order valence-corrected chi connectivity index (χ3v) is 6.21. The zero-order valence-corrected chi connectivity index (χ0v) is 15.2. The monoisotopic (exact) mass is 375 g/mol. The van der Waals surface area contributed by atoms with Crippen LogP contribution in [0, 0.1) is 0 Å². The number of hydrogen-bond acceptors (Lipinski definition) is 6. The SMILES string of the molecule is CSc1nnc(CN(C)C2c3cc(Cl)cc(Cl)c3CC2O)s1. The first-order valence-electron chi connectivity index (χ1n) is 6.72. The summed E-state index contributed by atoms with van der Waals surface area (Å²) in [7, 11) is 1.97. The molecule has 0 fully saturated rings. The molecule has 0 spiro atoms. The van der Waals surface area contributed by atoms with Crippen LogP contribution < -0.4 is 0 Å². The maximum Gasteiger partial charge on any atom is 0.174 e. The Bertz CT molecular complexity index is 695. The first-order valence-corrected chi connectivity index (χ1v) is 9.51. The number of fused-ring (bicyclic) bond motifs is 1. The normalized spacial score (nSPS) is 20.6. The van der Waals surface area contributed by atoms with E-state index in [9.17, 15) is 5.11 Å². The van der Waals surface area contributed by atoms with Gasteiger partial charge in [-0.1, -0.05) is 46.3 Å². The summed E-state index contributed by atoms with van der Waals surface area (Å²) < 4.78 is 0.946. The largest absolute Gasteiger partial charge is 0.391 e. The first kappa shape index (κ1) is 16.5. The number of hydrogen-bond donors (Lipinski definition) is 1. The van der Waals surface area contributed by atoms with Crippen molar-refractivity contribution < 1.29 is 5.11 Å². The maximum atomic E-state index is 10.4. The molecule has 1 aromatic heterocycles. The van der Waals surface area contributed by atoms with Gasteiger partial charge in [0.15, 0.2) is 4.34 Å². The van der Waals surface area contributed by atoms with Gasteiger partial charge in [-0.25, -0.2) is 0 Å². The summed E-state index contributed by atoms with van der Waals surface area (Å²) in [4.78, 5) is 2.08. The average molecular weight is 376 g/mol. The maximum absolute atomic E-state index is 10.4. The Kier molecular flexibility index (Phi) is 4.97. The van der Waals surface area contributed by atoms with Gasteiger partial charge in [-0.15, -0.1) is 10.2 Å². The second-order valence-corrected chi connectivity index (χ2v) is 8.21. The molecule has 1 aromatic carbocycles. The number of thioether (sulfide) groups is 1. The average Bonchev–Trinajstić information content (AvgIpc) is 3.02. The minimum atomic E-state index is -0.496. The highest BCUT2D eigenvalue weighted by atomic mass is 35.5. The van der Waals surface area contributed by atoms with Crippen LogP contribution in [0.2, 0.25) is 10.0 Å². The quantitative estimate of drug-likeness (QED) is 0.826. The summed E-state index contributed by atoms with van der Waals surface area (Å²) in [5, 5.41) is 20.9. The summed E-state index contributed by atoms with van der Waals surface area (Å²) in [6.45, 7) is 0.628. The number of nitrogens with zero attached hydrogens (tertiary/aromatic N) is 3. The van der Waals surface area contributed by atoms with E-state index in [-0.39, 0.29) is 6.04 Å². The number of likely N-dealkylation sites (N-methyl/N-ethyl adjacent to an activating group) is 1. The molecule has 1 heterocycles. The van der Waals surface area contributed by atoms with E-state index >= 15 is 0 Å². The van der Waals surface area contributed by atoms with Crippen LogP contribution in [0.5, 0.6) is 0 Å². The van der Waals surface area contributed by atoms with E-state index in [1.807, 2.05) is 19.4 Å². The molecular weight excluding hydrogens is 361 g/mol. The van der Waals surface area contributed by atoms with Crippen molar-refractivity contribution in [1.82, 2.24) is 15.1 Å². The summed E-state index contributed by atoms with van der Waals surface area (Å²) >= 11 is 15.5. The predicted molar refractivity (Wildman–Crippen MR) is 92.1 cm³/mol. The van der Waals surface area contributed by atoms with Crippen LogP contribution in [-0.4, -0.2) is 39.6 Å². The van der Waals surface area contributed by atoms with Crippen molar-refractivity contribution in [1.29, 1.82) is 0 Å². The summed E-state index contributed by atoms with van der Waals surface area (Å²) in [6, 6.07) is 3.49. The van der Waals surface area contributed by atoms with Crippen molar-refractivity contribution in [3.63, 3.8) is 0 Å². The molecule has 1 N–H and O–H groups in total. The third kappa shape index (κ3) is 3.13. The van der Waals surface area contributed by atoms with Crippen molar-refractivity contribution in [2.75, 3.05) is 13.3 Å². The minimum Gasteiger partial charge on any atom is -0.391 e. The number of rotatable bonds is 4. The number of halogens is 2. The van der Waals surface area contributed by atoms with Gasteiger partial charge in [-0.2, -0.15) is 0 Å². The molecule has 0 saturated carbocycles. The lowest BCUT2D eigenvalue weighted by atomic mass is 10.1. The van der Waals surface area contributed by atoms with Gasteiger partial charge in [0.1, 0.15) is 5.01 Å². The van der Waals surface area contributed by atoms with Crippen LogP contribution in [-0.2, 0) is 13.0 Å². The molecule has 1 aliphatic rings. The molecule has 2 atom stereocenters. The Balaban J connectivity index is 1.85. The van der Waals surface area contributed by atoms with Crippen LogP contribution in [0.1, 0.15) is 22.2 Å². The van der Waals surface area contributed by atoms with Crippen molar-refractivity contribution in [2.24, 2.45) is 0 Å². The Hall–Kier alpha value is -0.370. The topological polar surface area (TPSA) is 49.2 Å². The van der Waals surface area contributed by atoms with Gasteiger partial charge in [-0.3, -0.25) is 4.90 Å². The predicted octanol–water partition coefficient (Wildman–Crippen LogP) is 3.66. The molecule has 0 bridgehead atoms. The molecule has 0 radical (unpaired) electrons. The Morgan fingerprint density at radius 3 is 2.86 bits per heavy atom. The molecule has 8 heteroatoms. The summed E-state index contributed by atoms with van der Waals surface area (Å²) in [5.41, 5.74) is 1.99. The number of aromatic nitrogens is 2. The molecule has 118 valence electrons. The van der Waals surface area contributed by atoms with E-state index in [0.717, 1.165) is 20.5 Å². The van der Waals surface area contributed by atoms with Gasteiger partial charge < -0.3 is 5.11 Å². The van der Waals surface area contributed by atoms with Gasteiger partial charge >= 0.3 is 0 Å². The second-order valence-electron chi connectivity index (χ2n) is 5.25. The standard InChI is InChI=1S/C14H15Cl2N3OS2/c1-19(6-12-17-18-14(21-2)22-12)13-9-3-7(15)4-10(16)8(9)5-11(13)20/h3-4,11,13,20H,5-6H2,1-2H3. The van der Waals surface area contributed by atoms with E-state index < -0.39 is 6.10 Å². The van der Waals surface area contributed by atoms with Gasteiger partial charge in [0, 0.05) is 16.5 Å². The third-order valence-electron chi connectivity index (χ3n) is 3.77. The molecular formula is C14H15Cl2N3OS2.